The fourth-order valence-corrected chi connectivity index (χ4v) is 5.73. The number of fused-ring (bicyclic) bond motifs is 1. The Balaban J connectivity index is 1.59. The average molecular weight is 385 g/mol. The molecule has 142 valence electrons. The predicted octanol–water partition coefficient (Wildman–Crippen LogP) is 2.81. The Bertz CT molecular complexity index is 927. The first kappa shape index (κ1) is 18.2. The van der Waals surface area contributed by atoms with Crippen LogP contribution in [0.2, 0.25) is 0 Å². The Kier molecular flexibility index (Phi) is 5.02. The lowest BCUT2D eigenvalue weighted by Gasteiger charge is -2.38. The average Bonchev–Trinajstić information content (AvgIpc) is 2.73. The molecule has 2 aliphatic rings. The molecule has 2 heterocycles. The van der Waals surface area contributed by atoms with Gasteiger partial charge in [-0.1, -0.05) is 48.9 Å². The monoisotopic (exact) mass is 384 g/mol. The molecule has 6 heteroatoms. The van der Waals surface area contributed by atoms with E-state index < -0.39 is 16.1 Å². The number of carbonyl (C=O) groups is 1. The fraction of sp³-hybridized carbons (Fsp3) is 0.381. The van der Waals surface area contributed by atoms with Gasteiger partial charge in [-0.15, -0.1) is 0 Å². The van der Waals surface area contributed by atoms with E-state index >= 15 is 0 Å². The number of hydrogen-bond acceptors (Lipinski definition) is 3. The highest BCUT2D eigenvalue weighted by molar-refractivity contribution is 7.89. The van der Waals surface area contributed by atoms with Crippen LogP contribution in [-0.4, -0.2) is 42.7 Å². The molecule has 1 atom stereocenters. The Morgan fingerprint density at radius 3 is 2.37 bits per heavy atom. The highest BCUT2D eigenvalue weighted by atomic mass is 32.2. The van der Waals surface area contributed by atoms with E-state index in [1.165, 1.54) is 9.87 Å². The molecule has 2 aliphatic heterocycles. The third-order valence-electron chi connectivity index (χ3n) is 5.53. The number of benzene rings is 2. The maximum absolute atomic E-state index is 13.3. The molecule has 0 N–H and O–H groups in total. The Morgan fingerprint density at radius 1 is 0.889 bits per heavy atom. The molecular weight excluding hydrogens is 360 g/mol. The summed E-state index contributed by atoms with van der Waals surface area (Å²) in [5.74, 6) is -0.0660. The molecule has 0 saturated carbocycles. The molecule has 4 rings (SSSR count). The molecule has 1 fully saturated rings. The van der Waals surface area contributed by atoms with Crippen LogP contribution in [0.4, 0.5) is 0 Å². The predicted molar refractivity (Wildman–Crippen MR) is 104 cm³/mol. The SMILES string of the molecule is O=C(C1CCCCN1S(=O)(=O)c1ccccc1)N1CCc2ccccc2C1. The third kappa shape index (κ3) is 3.51. The van der Waals surface area contributed by atoms with Crippen molar-refractivity contribution in [3.05, 3.63) is 65.7 Å². The third-order valence-corrected chi connectivity index (χ3v) is 7.45. The van der Waals surface area contributed by atoms with Crippen LogP contribution in [0.25, 0.3) is 0 Å². The van der Waals surface area contributed by atoms with Gasteiger partial charge in [0.05, 0.1) is 4.90 Å². The van der Waals surface area contributed by atoms with Crippen LogP contribution in [-0.2, 0) is 27.8 Å². The lowest BCUT2D eigenvalue weighted by Crippen LogP contribution is -2.53. The lowest BCUT2D eigenvalue weighted by molar-refractivity contribution is -0.137. The van der Waals surface area contributed by atoms with E-state index in [1.807, 2.05) is 23.1 Å². The minimum absolute atomic E-state index is 0.0660. The number of nitrogens with zero attached hydrogens (tertiary/aromatic N) is 2. The summed E-state index contributed by atoms with van der Waals surface area (Å²) >= 11 is 0. The molecule has 0 aliphatic carbocycles. The van der Waals surface area contributed by atoms with Crippen LogP contribution >= 0.6 is 0 Å². The number of hydrogen-bond donors (Lipinski definition) is 0. The zero-order chi connectivity index (χ0) is 18.9. The largest absolute Gasteiger partial charge is 0.337 e. The van der Waals surface area contributed by atoms with E-state index in [9.17, 15) is 13.2 Å². The van der Waals surface area contributed by atoms with E-state index in [4.69, 9.17) is 0 Å². The highest BCUT2D eigenvalue weighted by Crippen LogP contribution is 2.28. The Morgan fingerprint density at radius 2 is 1.59 bits per heavy atom. The van der Waals surface area contributed by atoms with Gasteiger partial charge in [-0.3, -0.25) is 4.79 Å². The normalized spacial score (nSPS) is 20.9. The quantitative estimate of drug-likeness (QED) is 0.818. The summed E-state index contributed by atoms with van der Waals surface area (Å²) in [5, 5.41) is 0. The molecular formula is C21H24N2O3S. The van der Waals surface area contributed by atoms with E-state index in [0.29, 0.717) is 26.1 Å². The maximum Gasteiger partial charge on any atom is 0.243 e. The second kappa shape index (κ2) is 7.44. The van der Waals surface area contributed by atoms with Gasteiger partial charge in [0.1, 0.15) is 6.04 Å². The van der Waals surface area contributed by atoms with Crippen molar-refractivity contribution in [2.75, 3.05) is 13.1 Å². The van der Waals surface area contributed by atoms with E-state index in [0.717, 1.165) is 24.8 Å². The summed E-state index contributed by atoms with van der Waals surface area (Å²) in [4.78, 5) is 15.4. The summed E-state index contributed by atoms with van der Waals surface area (Å²) in [7, 11) is -3.67. The molecule has 1 amide bonds. The molecule has 0 bridgehead atoms. The minimum atomic E-state index is -3.67. The second-order valence-electron chi connectivity index (χ2n) is 7.22. The second-order valence-corrected chi connectivity index (χ2v) is 9.11. The van der Waals surface area contributed by atoms with Crippen molar-refractivity contribution in [1.82, 2.24) is 9.21 Å². The van der Waals surface area contributed by atoms with Gasteiger partial charge in [-0.25, -0.2) is 8.42 Å². The van der Waals surface area contributed by atoms with E-state index in [-0.39, 0.29) is 10.8 Å². The molecule has 0 spiro atoms. The molecule has 2 aromatic rings. The maximum atomic E-state index is 13.3. The summed E-state index contributed by atoms with van der Waals surface area (Å²) in [6, 6.07) is 16.0. The molecule has 1 saturated heterocycles. The smallest absolute Gasteiger partial charge is 0.243 e. The molecule has 0 aromatic heterocycles. The van der Waals surface area contributed by atoms with Crippen molar-refractivity contribution < 1.29 is 13.2 Å². The Hall–Kier alpha value is -2.18. The molecule has 5 nitrogen and oxygen atoms in total. The summed E-state index contributed by atoms with van der Waals surface area (Å²) in [6.45, 7) is 1.61. The lowest BCUT2D eigenvalue weighted by atomic mass is 9.98. The fourth-order valence-electron chi connectivity index (χ4n) is 4.06. The number of carbonyl (C=O) groups excluding carboxylic acids is 1. The zero-order valence-electron chi connectivity index (χ0n) is 15.3. The van der Waals surface area contributed by atoms with Gasteiger partial charge < -0.3 is 4.90 Å². The van der Waals surface area contributed by atoms with E-state index in [2.05, 4.69) is 6.07 Å². The van der Waals surface area contributed by atoms with Crippen molar-refractivity contribution in [3.8, 4) is 0 Å². The van der Waals surface area contributed by atoms with Crippen LogP contribution in [0.3, 0.4) is 0 Å². The van der Waals surface area contributed by atoms with Gasteiger partial charge in [0.25, 0.3) is 0 Å². The van der Waals surface area contributed by atoms with Crippen molar-refractivity contribution >= 4 is 15.9 Å². The van der Waals surface area contributed by atoms with Crippen LogP contribution in [0.1, 0.15) is 30.4 Å². The van der Waals surface area contributed by atoms with Gasteiger partial charge in [-0.05, 0) is 42.5 Å². The number of piperidine rings is 1. The van der Waals surface area contributed by atoms with Gasteiger partial charge in [0, 0.05) is 19.6 Å². The van der Waals surface area contributed by atoms with Gasteiger partial charge in [-0.2, -0.15) is 4.31 Å². The van der Waals surface area contributed by atoms with Gasteiger partial charge in [0.2, 0.25) is 15.9 Å². The van der Waals surface area contributed by atoms with Crippen molar-refractivity contribution in [3.63, 3.8) is 0 Å². The first-order chi connectivity index (χ1) is 13.1. The highest BCUT2D eigenvalue weighted by Gasteiger charge is 2.39. The molecule has 2 aromatic carbocycles. The standard InChI is InChI=1S/C21H24N2O3S/c24-21(22-15-13-17-8-4-5-9-18(17)16-22)20-12-6-7-14-23(20)27(25,26)19-10-2-1-3-11-19/h1-5,8-11,20H,6-7,12-16H2. The van der Waals surface area contributed by atoms with Crippen molar-refractivity contribution in [2.24, 2.45) is 0 Å². The number of amides is 1. The minimum Gasteiger partial charge on any atom is -0.337 e. The molecule has 27 heavy (non-hydrogen) atoms. The van der Waals surface area contributed by atoms with Crippen LogP contribution in [0.5, 0.6) is 0 Å². The summed E-state index contributed by atoms with van der Waals surface area (Å²) < 4.78 is 27.7. The Labute approximate surface area is 160 Å². The van der Waals surface area contributed by atoms with E-state index in [1.54, 1.807) is 30.3 Å². The topological polar surface area (TPSA) is 57.7 Å². The zero-order valence-corrected chi connectivity index (χ0v) is 16.1. The number of rotatable bonds is 3. The van der Waals surface area contributed by atoms with Crippen molar-refractivity contribution in [2.45, 2.75) is 43.2 Å². The van der Waals surface area contributed by atoms with Crippen LogP contribution < -0.4 is 0 Å². The van der Waals surface area contributed by atoms with Crippen LogP contribution in [0, 0.1) is 0 Å². The molecule has 1 unspecified atom stereocenters. The summed E-state index contributed by atoms with van der Waals surface area (Å²) in [6.07, 6.45) is 3.07. The molecule has 0 radical (unpaired) electrons. The first-order valence-corrected chi connectivity index (χ1v) is 10.9. The van der Waals surface area contributed by atoms with Gasteiger partial charge >= 0.3 is 0 Å². The van der Waals surface area contributed by atoms with Crippen LogP contribution in [0.15, 0.2) is 59.5 Å². The summed E-state index contributed by atoms with van der Waals surface area (Å²) in [5.41, 5.74) is 2.43. The van der Waals surface area contributed by atoms with Gasteiger partial charge in [0.15, 0.2) is 0 Å². The van der Waals surface area contributed by atoms with Crippen molar-refractivity contribution in [1.29, 1.82) is 0 Å². The first-order valence-electron chi connectivity index (χ1n) is 9.50. The number of sulfonamides is 1.